The Morgan fingerprint density at radius 3 is 2.56 bits per heavy atom. The lowest BCUT2D eigenvalue weighted by atomic mass is 9.76. The number of rotatable bonds is 7. The molecule has 0 spiro atoms. The van der Waals surface area contributed by atoms with E-state index in [4.69, 9.17) is 11.6 Å². The van der Waals surface area contributed by atoms with Gasteiger partial charge in [0.05, 0.1) is 10.6 Å². The van der Waals surface area contributed by atoms with Gasteiger partial charge in [0.15, 0.2) is 0 Å². The lowest BCUT2D eigenvalue weighted by Crippen LogP contribution is -2.31. The van der Waals surface area contributed by atoms with Gasteiger partial charge in [-0.05, 0) is 68.8 Å². The van der Waals surface area contributed by atoms with E-state index < -0.39 is 0 Å². The molecule has 1 fully saturated rings. The monoisotopic (exact) mass is 404 g/mol. The predicted octanol–water partition coefficient (Wildman–Crippen LogP) is 5.63. The SMILES string of the molecule is CN(C)C(c1cccs1)C1CCC(CCNC(=O)c2ccccc2Cl)CC1. The van der Waals surface area contributed by atoms with E-state index in [-0.39, 0.29) is 5.91 Å². The quantitative estimate of drug-likeness (QED) is 0.648. The minimum Gasteiger partial charge on any atom is -0.352 e. The Hall–Kier alpha value is -1.36. The summed E-state index contributed by atoms with van der Waals surface area (Å²) in [6.45, 7) is 0.724. The van der Waals surface area contributed by atoms with Gasteiger partial charge in [0, 0.05) is 17.5 Å². The number of hydrogen-bond donors (Lipinski definition) is 1. The van der Waals surface area contributed by atoms with E-state index >= 15 is 0 Å². The second-order valence-electron chi connectivity index (χ2n) is 7.73. The fourth-order valence-corrected chi connectivity index (χ4v) is 5.53. The maximum Gasteiger partial charge on any atom is 0.252 e. The Kier molecular flexibility index (Phi) is 7.33. The molecule has 1 aromatic carbocycles. The Morgan fingerprint density at radius 1 is 1.19 bits per heavy atom. The highest BCUT2D eigenvalue weighted by molar-refractivity contribution is 7.10. The highest BCUT2D eigenvalue weighted by atomic mass is 35.5. The number of halogens is 1. The number of nitrogens with one attached hydrogen (secondary N) is 1. The van der Waals surface area contributed by atoms with Crippen LogP contribution in [0.1, 0.15) is 53.4 Å². The Labute approximate surface area is 171 Å². The molecule has 3 nitrogen and oxygen atoms in total. The van der Waals surface area contributed by atoms with Crippen molar-refractivity contribution in [2.45, 2.75) is 38.1 Å². The number of carbonyl (C=O) groups is 1. The minimum absolute atomic E-state index is 0.0698. The van der Waals surface area contributed by atoms with Crippen LogP contribution in [0.5, 0.6) is 0 Å². The van der Waals surface area contributed by atoms with Crippen LogP contribution in [-0.4, -0.2) is 31.4 Å². The van der Waals surface area contributed by atoms with Crippen molar-refractivity contribution in [3.8, 4) is 0 Å². The second-order valence-corrected chi connectivity index (χ2v) is 9.12. The average Bonchev–Trinajstić information content (AvgIpc) is 3.17. The van der Waals surface area contributed by atoms with Gasteiger partial charge in [-0.3, -0.25) is 4.79 Å². The maximum atomic E-state index is 12.3. The maximum absolute atomic E-state index is 12.3. The molecule has 1 unspecified atom stereocenters. The van der Waals surface area contributed by atoms with Gasteiger partial charge in [-0.1, -0.05) is 42.6 Å². The lowest BCUT2D eigenvalue weighted by Gasteiger charge is -2.37. The topological polar surface area (TPSA) is 32.3 Å². The van der Waals surface area contributed by atoms with Crippen LogP contribution in [0.25, 0.3) is 0 Å². The van der Waals surface area contributed by atoms with Crippen molar-refractivity contribution in [1.29, 1.82) is 0 Å². The third kappa shape index (κ3) is 5.34. The first-order valence-electron chi connectivity index (χ1n) is 9.79. The molecule has 1 heterocycles. The Morgan fingerprint density at radius 2 is 1.93 bits per heavy atom. The molecule has 1 aliphatic rings. The summed E-state index contributed by atoms with van der Waals surface area (Å²) in [6.07, 6.45) is 6.09. The molecule has 5 heteroatoms. The summed E-state index contributed by atoms with van der Waals surface area (Å²) < 4.78 is 0. The summed E-state index contributed by atoms with van der Waals surface area (Å²) in [5.74, 6) is 1.37. The molecule has 1 atom stereocenters. The third-order valence-electron chi connectivity index (χ3n) is 5.69. The van der Waals surface area contributed by atoms with E-state index in [1.54, 1.807) is 12.1 Å². The number of nitrogens with zero attached hydrogens (tertiary/aromatic N) is 1. The van der Waals surface area contributed by atoms with Crippen molar-refractivity contribution in [1.82, 2.24) is 10.2 Å². The van der Waals surface area contributed by atoms with Crippen LogP contribution in [0.3, 0.4) is 0 Å². The fourth-order valence-electron chi connectivity index (χ4n) is 4.29. The van der Waals surface area contributed by atoms with Gasteiger partial charge in [-0.15, -0.1) is 11.3 Å². The van der Waals surface area contributed by atoms with Crippen LogP contribution >= 0.6 is 22.9 Å². The number of amides is 1. The zero-order valence-corrected chi connectivity index (χ0v) is 17.7. The summed E-state index contributed by atoms with van der Waals surface area (Å²) in [6, 6.07) is 12.2. The fraction of sp³-hybridized carbons (Fsp3) is 0.500. The Balaban J connectivity index is 1.44. The first-order chi connectivity index (χ1) is 13.1. The standard InChI is InChI=1S/C22H29ClN2OS/c1-25(2)21(20-8-5-15-27-20)17-11-9-16(10-12-17)13-14-24-22(26)18-6-3-4-7-19(18)23/h3-8,15-17,21H,9-14H2,1-2H3,(H,24,26). The number of thiophene rings is 1. The molecule has 1 amide bonds. The number of carbonyl (C=O) groups excluding carboxylic acids is 1. The van der Waals surface area contributed by atoms with Crippen LogP contribution in [0, 0.1) is 11.8 Å². The normalized spacial score (nSPS) is 21.2. The molecule has 3 rings (SSSR count). The molecule has 1 N–H and O–H groups in total. The predicted molar refractivity (Wildman–Crippen MR) is 115 cm³/mol. The molecule has 1 saturated carbocycles. The largest absolute Gasteiger partial charge is 0.352 e. The minimum atomic E-state index is -0.0698. The highest BCUT2D eigenvalue weighted by Gasteiger charge is 2.30. The van der Waals surface area contributed by atoms with E-state index in [9.17, 15) is 4.79 Å². The van der Waals surface area contributed by atoms with Crippen LogP contribution in [0.15, 0.2) is 41.8 Å². The van der Waals surface area contributed by atoms with Gasteiger partial charge >= 0.3 is 0 Å². The molecule has 1 aliphatic carbocycles. The van der Waals surface area contributed by atoms with E-state index in [1.807, 2.05) is 23.5 Å². The van der Waals surface area contributed by atoms with Gasteiger partial charge in [-0.25, -0.2) is 0 Å². The van der Waals surface area contributed by atoms with Crippen molar-refractivity contribution in [2.75, 3.05) is 20.6 Å². The summed E-state index contributed by atoms with van der Waals surface area (Å²) >= 11 is 7.97. The smallest absolute Gasteiger partial charge is 0.252 e. The summed E-state index contributed by atoms with van der Waals surface area (Å²) in [5, 5.41) is 5.72. The summed E-state index contributed by atoms with van der Waals surface area (Å²) in [4.78, 5) is 16.1. The molecule has 146 valence electrons. The van der Waals surface area contributed by atoms with Crippen molar-refractivity contribution < 1.29 is 4.79 Å². The average molecular weight is 405 g/mol. The van der Waals surface area contributed by atoms with E-state index in [1.165, 1.54) is 30.6 Å². The highest BCUT2D eigenvalue weighted by Crippen LogP contribution is 2.41. The van der Waals surface area contributed by atoms with Gasteiger partial charge in [0.2, 0.25) is 0 Å². The van der Waals surface area contributed by atoms with Crippen molar-refractivity contribution in [2.24, 2.45) is 11.8 Å². The van der Waals surface area contributed by atoms with E-state index in [0.717, 1.165) is 18.9 Å². The molecule has 2 aromatic rings. The van der Waals surface area contributed by atoms with Gasteiger partial charge < -0.3 is 10.2 Å². The first-order valence-corrected chi connectivity index (χ1v) is 11.0. The summed E-state index contributed by atoms with van der Waals surface area (Å²) in [5.41, 5.74) is 0.563. The van der Waals surface area contributed by atoms with Crippen molar-refractivity contribution in [3.05, 3.63) is 57.2 Å². The molecule has 27 heavy (non-hydrogen) atoms. The molecular formula is C22H29ClN2OS. The van der Waals surface area contributed by atoms with Gasteiger partial charge in [0.25, 0.3) is 5.91 Å². The number of benzene rings is 1. The van der Waals surface area contributed by atoms with Gasteiger partial charge in [-0.2, -0.15) is 0 Å². The Bertz CT molecular complexity index is 724. The first kappa shape index (κ1) is 20.4. The second kappa shape index (κ2) is 9.72. The lowest BCUT2D eigenvalue weighted by molar-refractivity contribution is 0.0947. The van der Waals surface area contributed by atoms with Crippen LogP contribution in [0.2, 0.25) is 5.02 Å². The molecular weight excluding hydrogens is 376 g/mol. The van der Waals surface area contributed by atoms with Gasteiger partial charge in [0.1, 0.15) is 0 Å². The molecule has 0 aliphatic heterocycles. The summed E-state index contributed by atoms with van der Waals surface area (Å²) in [7, 11) is 4.39. The van der Waals surface area contributed by atoms with Crippen LogP contribution in [-0.2, 0) is 0 Å². The number of hydrogen-bond acceptors (Lipinski definition) is 3. The molecule has 0 saturated heterocycles. The third-order valence-corrected chi connectivity index (χ3v) is 6.96. The van der Waals surface area contributed by atoms with E-state index in [0.29, 0.717) is 22.5 Å². The molecule has 0 radical (unpaired) electrons. The van der Waals surface area contributed by atoms with E-state index in [2.05, 4.69) is 41.8 Å². The van der Waals surface area contributed by atoms with Crippen LogP contribution in [0.4, 0.5) is 0 Å². The van der Waals surface area contributed by atoms with Crippen LogP contribution < -0.4 is 5.32 Å². The van der Waals surface area contributed by atoms with Crippen molar-refractivity contribution in [3.63, 3.8) is 0 Å². The molecule has 1 aromatic heterocycles. The zero-order valence-electron chi connectivity index (χ0n) is 16.2. The van der Waals surface area contributed by atoms with Crippen molar-refractivity contribution >= 4 is 28.8 Å². The molecule has 0 bridgehead atoms. The zero-order chi connectivity index (χ0) is 19.2.